The van der Waals surface area contributed by atoms with Crippen molar-refractivity contribution in [2.45, 2.75) is 39.7 Å². The summed E-state index contributed by atoms with van der Waals surface area (Å²) in [5.74, 6) is 2.05. The van der Waals surface area contributed by atoms with Crippen LogP contribution in [0.25, 0.3) is 0 Å². The quantitative estimate of drug-likeness (QED) is 0.756. The van der Waals surface area contributed by atoms with Crippen LogP contribution in [-0.2, 0) is 0 Å². The molecule has 0 radical (unpaired) electrons. The van der Waals surface area contributed by atoms with E-state index >= 15 is 0 Å². The molecular weight excluding hydrogens is 228 g/mol. The number of hydrogen-bond donors (Lipinski definition) is 1. The van der Waals surface area contributed by atoms with Crippen molar-refractivity contribution in [1.82, 2.24) is 10.2 Å². The Labute approximate surface area is 112 Å². The second-order valence-electron chi connectivity index (χ2n) is 5.99. The van der Waals surface area contributed by atoms with Crippen LogP contribution in [0, 0.1) is 11.3 Å². The van der Waals surface area contributed by atoms with Crippen LogP contribution in [0.15, 0.2) is 0 Å². The Kier molecular flexibility index (Phi) is 6.32. The predicted molar refractivity (Wildman–Crippen MR) is 79.8 cm³/mol. The summed E-state index contributed by atoms with van der Waals surface area (Å²) in [6.07, 6.45) is 4.84. The van der Waals surface area contributed by atoms with Crippen LogP contribution in [0.5, 0.6) is 0 Å². The van der Waals surface area contributed by atoms with E-state index in [2.05, 4.69) is 44.3 Å². The van der Waals surface area contributed by atoms with Gasteiger partial charge in [0.05, 0.1) is 0 Å². The van der Waals surface area contributed by atoms with Gasteiger partial charge in [-0.05, 0) is 56.7 Å². The average molecular weight is 258 g/mol. The number of hydrogen-bond acceptors (Lipinski definition) is 3. The molecule has 0 saturated carbocycles. The van der Waals surface area contributed by atoms with Crippen LogP contribution in [0.1, 0.15) is 33.6 Å². The molecule has 0 bridgehead atoms. The van der Waals surface area contributed by atoms with Crippen LogP contribution < -0.4 is 5.32 Å². The van der Waals surface area contributed by atoms with Crippen LogP contribution in [0.3, 0.4) is 0 Å². The molecule has 1 aliphatic heterocycles. The molecule has 0 aromatic heterocycles. The lowest BCUT2D eigenvalue weighted by atomic mass is 9.76. The van der Waals surface area contributed by atoms with Gasteiger partial charge < -0.3 is 10.2 Å². The number of nitrogens with one attached hydrogen (secondary N) is 1. The van der Waals surface area contributed by atoms with Crippen LogP contribution in [0.4, 0.5) is 0 Å². The SMILES string of the molecule is CSCCC(C)N(C)CC1(C(C)C)CCNC1. The van der Waals surface area contributed by atoms with Crippen molar-refractivity contribution >= 4 is 11.8 Å². The molecule has 2 nitrogen and oxygen atoms in total. The molecule has 17 heavy (non-hydrogen) atoms. The lowest BCUT2D eigenvalue weighted by Gasteiger charge is -2.39. The topological polar surface area (TPSA) is 15.3 Å². The zero-order chi connectivity index (χ0) is 12.9. The third-order valence-electron chi connectivity index (χ3n) is 4.56. The average Bonchev–Trinajstić information content (AvgIpc) is 2.75. The summed E-state index contributed by atoms with van der Waals surface area (Å²) >= 11 is 1.96. The maximum absolute atomic E-state index is 3.55. The molecule has 1 saturated heterocycles. The molecule has 2 unspecified atom stereocenters. The van der Waals surface area contributed by atoms with Crippen molar-refractivity contribution < 1.29 is 0 Å². The Morgan fingerprint density at radius 2 is 2.06 bits per heavy atom. The molecule has 0 amide bonds. The van der Waals surface area contributed by atoms with Crippen molar-refractivity contribution in [2.75, 3.05) is 38.7 Å². The molecule has 1 rings (SSSR count). The Balaban J connectivity index is 2.49. The van der Waals surface area contributed by atoms with Crippen molar-refractivity contribution in [3.63, 3.8) is 0 Å². The lowest BCUT2D eigenvalue weighted by Crippen LogP contribution is -2.44. The third kappa shape index (κ3) is 4.15. The summed E-state index contributed by atoms with van der Waals surface area (Å²) in [5, 5.41) is 3.55. The normalized spacial score (nSPS) is 27.0. The molecule has 1 heterocycles. The van der Waals surface area contributed by atoms with Gasteiger partial charge in [-0.1, -0.05) is 13.8 Å². The zero-order valence-corrected chi connectivity index (χ0v) is 13.1. The molecule has 2 atom stereocenters. The summed E-state index contributed by atoms with van der Waals surface area (Å²) in [7, 11) is 2.30. The molecule has 0 aromatic rings. The van der Waals surface area contributed by atoms with E-state index in [0.29, 0.717) is 11.5 Å². The maximum Gasteiger partial charge on any atom is 0.00719 e. The summed E-state index contributed by atoms with van der Waals surface area (Å²) in [5.41, 5.74) is 0.502. The summed E-state index contributed by atoms with van der Waals surface area (Å²) in [6.45, 7) is 10.8. The van der Waals surface area contributed by atoms with Gasteiger partial charge in [-0.25, -0.2) is 0 Å². The fourth-order valence-electron chi connectivity index (χ4n) is 2.73. The van der Waals surface area contributed by atoms with Gasteiger partial charge in [-0.3, -0.25) is 0 Å². The molecule has 1 aliphatic rings. The third-order valence-corrected chi connectivity index (χ3v) is 5.20. The second kappa shape index (κ2) is 7.01. The van der Waals surface area contributed by atoms with Gasteiger partial charge in [0.25, 0.3) is 0 Å². The Morgan fingerprint density at radius 3 is 2.53 bits per heavy atom. The highest BCUT2D eigenvalue weighted by atomic mass is 32.2. The van der Waals surface area contributed by atoms with Gasteiger partial charge in [0.15, 0.2) is 0 Å². The first kappa shape index (κ1) is 15.3. The monoisotopic (exact) mass is 258 g/mol. The molecule has 0 spiro atoms. The first-order valence-corrected chi connectivity index (χ1v) is 8.31. The molecule has 102 valence electrons. The van der Waals surface area contributed by atoms with E-state index in [4.69, 9.17) is 0 Å². The minimum absolute atomic E-state index is 0.502. The molecule has 3 heteroatoms. The lowest BCUT2D eigenvalue weighted by molar-refractivity contribution is 0.110. The molecule has 1 N–H and O–H groups in total. The standard InChI is InChI=1S/C14H30N2S/c1-12(2)14(7-8-15-10-14)11-16(4)13(3)6-9-17-5/h12-13,15H,6-11H2,1-5H3. The first-order valence-electron chi connectivity index (χ1n) is 6.92. The number of nitrogens with zero attached hydrogens (tertiary/aromatic N) is 1. The van der Waals surface area contributed by atoms with Gasteiger partial charge in [0, 0.05) is 19.1 Å². The minimum Gasteiger partial charge on any atom is -0.316 e. The van der Waals surface area contributed by atoms with E-state index in [0.717, 1.165) is 5.92 Å². The second-order valence-corrected chi connectivity index (χ2v) is 6.98. The van der Waals surface area contributed by atoms with E-state index in [1.54, 1.807) is 0 Å². The van der Waals surface area contributed by atoms with Crippen molar-refractivity contribution in [3.8, 4) is 0 Å². The minimum atomic E-state index is 0.502. The van der Waals surface area contributed by atoms with Crippen molar-refractivity contribution in [2.24, 2.45) is 11.3 Å². The van der Waals surface area contributed by atoms with E-state index in [-0.39, 0.29) is 0 Å². The van der Waals surface area contributed by atoms with E-state index in [1.165, 1.54) is 38.2 Å². The fraction of sp³-hybridized carbons (Fsp3) is 1.00. The fourth-order valence-corrected chi connectivity index (χ4v) is 3.31. The van der Waals surface area contributed by atoms with Crippen molar-refractivity contribution in [3.05, 3.63) is 0 Å². The highest BCUT2D eigenvalue weighted by Crippen LogP contribution is 2.35. The van der Waals surface area contributed by atoms with Gasteiger partial charge in [-0.15, -0.1) is 0 Å². The smallest absolute Gasteiger partial charge is 0.00719 e. The summed E-state index contributed by atoms with van der Waals surface area (Å²) < 4.78 is 0. The van der Waals surface area contributed by atoms with Crippen LogP contribution in [-0.4, -0.2) is 49.6 Å². The predicted octanol–water partition coefficient (Wildman–Crippen LogP) is 2.70. The summed E-state index contributed by atoms with van der Waals surface area (Å²) in [4.78, 5) is 2.57. The summed E-state index contributed by atoms with van der Waals surface area (Å²) in [6, 6.07) is 0.707. The molecule has 0 aliphatic carbocycles. The Morgan fingerprint density at radius 1 is 1.35 bits per heavy atom. The largest absolute Gasteiger partial charge is 0.316 e. The van der Waals surface area contributed by atoms with Crippen LogP contribution >= 0.6 is 11.8 Å². The highest BCUT2D eigenvalue weighted by molar-refractivity contribution is 7.98. The van der Waals surface area contributed by atoms with Gasteiger partial charge in [0.2, 0.25) is 0 Å². The molecule has 1 fully saturated rings. The van der Waals surface area contributed by atoms with E-state index < -0.39 is 0 Å². The van der Waals surface area contributed by atoms with Gasteiger partial charge in [-0.2, -0.15) is 11.8 Å². The van der Waals surface area contributed by atoms with Gasteiger partial charge >= 0.3 is 0 Å². The van der Waals surface area contributed by atoms with Crippen molar-refractivity contribution in [1.29, 1.82) is 0 Å². The highest BCUT2D eigenvalue weighted by Gasteiger charge is 2.38. The first-order chi connectivity index (χ1) is 8.02. The van der Waals surface area contributed by atoms with Crippen LogP contribution in [0.2, 0.25) is 0 Å². The maximum atomic E-state index is 3.55. The molecular formula is C14H30N2S. The van der Waals surface area contributed by atoms with Gasteiger partial charge in [0.1, 0.15) is 0 Å². The Hall–Kier alpha value is 0.270. The zero-order valence-electron chi connectivity index (χ0n) is 12.3. The van der Waals surface area contributed by atoms with E-state index in [1.807, 2.05) is 11.8 Å². The number of rotatable bonds is 7. The van der Waals surface area contributed by atoms with E-state index in [9.17, 15) is 0 Å². The molecule has 0 aromatic carbocycles. The number of thioether (sulfide) groups is 1. The Bertz CT molecular complexity index is 212.